The monoisotopic (exact) mass is 303 g/mol. The quantitative estimate of drug-likeness (QED) is 0.804. The topological polar surface area (TPSA) is 46.6 Å². The Morgan fingerprint density at radius 2 is 1.82 bits per heavy atom. The predicted molar refractivity (Wildman–Crippen MR) is 85.6 cm³/mol. The van der Waals surface area contributed by atoms with Crippen molar-refractivity contribution in [2.75, 3.05) is 19.7 Å². The fourth-order valence-corrected chi connectivity index (χ4v) is 2.91. The van der Waals surface area contributed by atoms with Crippen LogP contribution < -0.4 is 0 Å². The van der Waals surface area contributed by atoms with E-state index in [1.807, 2.05) is 0 Å². The molecule has 120 valence electrons. The molecule has 0 aromatic heterocycles. The minimum atomic E-state index is -0.155. The number of benzene rings is 1. The van der Waals surface area contributed by atoms with E-state index < -0.39 is 0 Å². The van der Waals surface area contributed by atoms with E-state index in [4.69, 9.17) is 0 Å². The Labute approximate surface area is 132 Å². The third kappa shape index (κ3) is 3.67. The second-order valence-electron chi connectivity index (χ2n) is 6.00. The Balaban J connectivity index is 0.000000309. The van der Waals surface area contributed by atoms with E-state index in [1.54, 1.807) is 6.92 Å². The zero-order chi connectivity index (χ0) is 16.0. The van der Waals surface area contributed by atoms with E-state index in [9.17, 15) is 9.59 Å². The molecule has 1 saturated carbocycles. The van der Waals surface area contributed by atoms with Gasteiger partial charge in [-0.2, -0.15) is 0 Å². The van der Waals surface area contributed by atoms with Gasteiger partial charge in [0.25, 0.3) is 6.47 Å². The zero-order valence-electron chi connectivity index (χ0n) is 13.5. The maximum Gasteiger partial charge on any atom is 0.293 e. The minimum Gasteiger partial charge on any atom is -0.468 e. The number of rotatable bonds is 4. The van der Waals surface area contributed by atoms with E-state index in [1.165, 1.54) is 24.0 Å². The van der Waals surface area contributed by atoms with Gasteiger partial charge in [0.1, 0.15) is 0 Å². The van der Waals surface area contributed by atoms with Crippen LogP contribution in [0.2, 0.25) is 0 Å². The molecule has 0 atom stereocenters. The average molecular weight is 303 g/mol. The molecule has 0 N–H and O–H groups in total. The van der Waals surface area contributed by atoms with E-state index >= 15 is 0 Å². The maximum absolute atomic E-state index is 12.5. The molecule has 1 aromatic rings. The SMILES string of the molecule is CCOC=O.Cc1ccc(C2(C(=O)N3CCCC3)CC2)cc1. The third-order valence-corrected chi connectivity index (χ3v) is 4.39. The van der Waals surface area contributed by atoms with Crippen LogP contribution >= 0.6 is 0 Å². The lowest BCUT2D eigenvalue weighted by Gasteiger charge is -2.23. The third-order valence-electron chi connectivity index (χ3n) is 4.39. The Bertz CT molecular complexity index is 500. The highest BCUT2D eigenvalue weighted by Gasteiger charge is 2.53. The van der Waals surface area contributed by atoms with Gasteiger partial charge < -0.3 is 9.64 Å². The fraction of sp³-hybridized carbons (Fsp3) is 0.556. The van der Waals surface area contributed by atoms with Crippen LogP contribution in [0.15, 0.2) is 24.3 Å². The second kappa shape index (κ2) is 7.43. The lowest BCUT2D eigenvalue weighted by atomic mass is 9.93. The molecule has 2 fully saturated rings. The van der Waals surface area contributed by atoms with Gasteiger partial charge in [-0.3, -0.25) is 9.59 Å². The number of hydrogen-bond donors (Lipinski definition) is 0. The van der Waals surface area contributed by atoms with Gasteiger partial charge in [0, 0.05) is 13.1 Å². The van der Waals surface area contributed by atoms with Gasteiger partial charge >= 0.3 is 0 Å². The number of likely N-dealkylation sites (tertiary alicyclic amines) is 1. The Morgan fingerprint density at radius 3 is 2.23 bits per heavy atom. The van der Waals surface area contributed by atoms with Gasteiger partial charge in [-0.05, 0) is 45.1 Å². The molecule has 1 amide bonds. The molecule has 4 nitrogen and oxygen atoms in total. The van der Waals surface area contributed by atoms with Gasteiger partial charge in [0.05, 0.1) is 12.0 Å². The number of ether oxygens (including phenoxy) is 1. The lowest BCUT2D eigenvalue weighted by Crippen LogP contribution is -2.37. The van der Waals surface area contributed by atoms with Crippen LogP contribution in [0.4, 0.5) is 0 Å². The summed E-state index contributed by atoms with van der Waals surface area (Å²) in [4.78, 5) is 23.8. The molecule has 1 heterocycles. The molecule has 1 aliphatic carbocycles. The van der Waals surface area contributed by atoms with Crippen LogP contribution in [-0.2, 0) is 19.7 Å². The van der Waals surface area contributed by atoms with Gasteiger partial charge in [0.15, 0.2) is 0 Å². The summed E-state index contributed by atoms with van der Waals surface area (Å²) in [5.74, 6) is 0.374. The second-order valence-corrected chi connectivity index (χ2v) is 6.00. The molecule has 0 bridgehead atoms. The van der Waals surface area contributed by atoms with Gasteiger partial charge in [-0.15, -0.1) is 0 Å². The first-order valence-electron chi connectivity index (χ1n) is 8.06. The van der Waals surface area contributed by atoms with Crippen molar-refractivity contribution >= 4 is 12.4 Å². The largest absolute Gasteiger partial charge is 0.468 e. The maximum atomic E-state index is 12.5. The number of carbonyl (C=O) groups is 2. The summed E-state index contributed by atoms with van der Waals surface area (Å²) in [6, 6.07) is 8.51. The number of aryl methyl sites for hydroxylation is 1. The molecule has 2 aliphatic rings. The molecule has 22 heavy (non-hydrogen) atoms. The lowest BCUT2D eigenvalue weighted by molar-refractivity contribution is -0.133. The number of carbonyl (C=O) groups excluding carboxylic acids is 2. The van der Waals surface area contributed by atoms with Crippen LogP contribution in [0.5, 0.6) is 0 Å². The van der Waals surface area contributed by atoms with Crippen molar-refractivity contribution in [3.8, 4) is 0 Å². The van der Waals surface area contributed by atoms with Crippen molar-refractivity contribution in [3.63, 3.8) is 0 Å². The van der Waals surface area contributed by atoms with E-state index in [-0.39, 0.29) is 5.41 Å². The molecular weight excluding hydrogens is 278 g/mol. The van der Waals surface area contributed by atoms with Crippen LogP contribution in [0.3, 0.4) is 0 Å². The molecule has 1 aliphatic heterocycles. The Morgan fingerprint density at radius 1 is 1.23 bits per heavy atom. The number of amides is 1. The van der Waals surface area contributed by atoms with E-state index in [2.05, 4.69) is 40.8 Å². The Kier molecular flexibility index (Phi) is 5.58. The summed E-state index contributed by atoms with van der Waals surface area (Å²) in [5.41, 5.74) is 2.33. The molecule has 0 radical (unpaired) electrons. The summed E-state index contributed by atoms with van der Waals surface area (Å²) in [6.07, 6.45) is 4.42. The molecule has 4 heteroatoms. The van der Waals surface area contributed by atoms with E-state index in [0.29, 0.717) is 19.0 Å². The first-order valence-corrected chi connectivity index (χ1v) is 8.06. The van der Waals surface area contributed by atoms with Crippen molar-refractivity contribution in [2.24, 2.45) is 0 Å². The molecular formula is C18H25NO3. The van der Waals surface area contributed by atoms with Crippen molar-refractivity contribution in [1.82, 2.24) is 4.90 Å². The van der Waals surface area contributed by atoms with Crippen molar-refractivity contribution in [1.29, 1.82) is 0 Å². The van der Waals surface area contributed by atoms with Crippen molar-refractivity contribution in [3.05, 3.63) is 35.4 Å². The summed E-state index contributed by atoms with van der Waals surface area (Å²) < 4.78 is 4.15. The van der Waals surface area contributed by atoms with Crippen molar-refractivity contribution in [2.45, 2.75) is 44.9 Å². The molecule has 1 saturated heterocycles. The predicted octanol–water partition coefficient (Wildman–Crippen LogP) is 2.83. The summed E-state index contributed by atoms with van der Waals surface area (Å²) in [5, 5.41) is 0. The number of hydrogen-bond acceptors (Lipinski definition) is 3. The smallest absolute Gasteiger partial charge is 0.293 e. The highest BCUT2D eigenvalue weighted by atomic mass is 16.5. The van der Waals surface area contributed by atoms with Crippen LogP contribution in [0.25, 0.3) is 0 Å². The van der Waals surface area contributed by atoms with E-state index in [0.717, 1.165) is 25.9 Å². The van der Waals surface area contributed by atoms with Gasteiger partial charge in [-0.1, -0.05) is 29.8 Å². The minimum absolute atomic E-state index is 0.155. The van der Waals surface area contributed by atoms with Crippen LogP contribution in [0.1, 0.15) is 43.7 Å². The standard InChI is InChI=1S/C15H19NO.C3H6O2/c1-12-4-6-13(7-5-12)15(8-9-15)14(17)16-10-2-3-11-16;1-2-5-3-4/h4-7H,2-3,8-11H2,1H3;3H,2H2,1H3. The molecule has 0 spiro atoms. The van der Waals surface area contributed by atoms with Gasteiger partial charge in [-0.25, -0.2) is 0 Å². The summed E-state index contributed by atoms with van der Waals surface area (Å²) >= 11 is 0. The molecule has 0 unspecified atom stereocenters. The van der Waals surface area contributed by atoms with Crippen LogP contribution in [-0.4, -0.2) is 37.0 Å². The first kappa shape index (κ1) is 16.5. The Hall–Kier alpha value is -1.84. The summed E-state index contributed by atoms with van der Waals surface area (Å²) in [6.45, 7) is 6.68. The van der Waals surface area contributed by atoms with Crippen LogP contribution in [0, 0.1) is 6.92 Å². The highest BCUT2D eigenvalue weighted by molar-refractivity contribution is 5.91. The van der Waals surface area contributed by atoms with Crippen molar-refractivity contribution < 1.29 is 14.3 Å². The summed E-state index contributed by atoms with van der Waals surface area (Å²) in [7, 11) is 0. The fourth-order valence-electron chi connectivity index (χ4n) is 2.91. The number of nitrogens with zero attached hydrogens (tertiary/aromatic N) is 1. The molecule has 1 aromatic carbocycles. The van der Waals surface area contributed by atoms with Gasteiger partial charge in [0.2, 0.25) is 5.91 Å². The molecule has 3 rings (SSSR count). The average Bonchev–Trinajstić information content (AvgIpc) is 3.15. The normalized spacial score (nSPS) is 18.2. The first-order chi connectivity index (χ1) is 10.6. The zero-order valence-corrected chi connectivity index (χ0v) is 13.5. The highest BCUT2D eigenvalue weighted by Crippen LogP contribution is 2.50.